The van der Waals surface area contributed by atoms with E-state index < -0.39 is 11.9 Å². The van der Waals surface area contributed by atoms with Gasteiger partial charge in [0.1, 0.15) is 0 Å². The Morgan fingerprint density at radius 1 is 1.32 bits per heavy atom. The first-order valence-corrected chi connectivity index (χ1v) is 7.66. The van der Waals surface area contributed by atoms with Gasteiger partial charge in [-0.1, -0.05) is 44.2 Å². The van der Waals surface area contributed by atoms with Gasteiger partial charge in [0.05, 0.1) is 5.92 Å². The maximum absolute atomic E-state index is 11.5. The number of carbonyl (C=O) groups is 1. The van der Waals surface area contributed by atoms with Gasteiger partial charge < -0.3 is 5.11 Å². The highest BCUT2D eigenvalue weighted by atomic mass is 32.2. The maximum Gasteiger partial charge on any atom is 0.312 e. The van der Waals surface area contributed by atoms with Gasteiger partial charge in [0.15, 0.2) is 0 Å². The van der Waals surface area contributed by atoms with Crippen molar-refractivity contribution in [3.8, 4) is 0 Å². The molecule has 1 aromatic rings. The second-order valence-electron chi connectivity index (χ2n) is 5.28. The van der Waals surface area contributed by atoms with E-state index >= 15 is 0 Å². The summed E-state index contributed by atoms with van der Waals surface area (Å²) in [6.07, 6.45) is 0. The quantitative estimate of drug-likeness (QED) is 0.920. The van der Waals surface area contributed by atoms with Gasteiger partial charge >= 0.3 is 5.97 Å². The molecule has 3 atom stereocenters. The summed E-state index contributed by atoms with van der Waals surface area (Å²) in [6, 6.07) is 9.55. The van der Waals surface area contributed by atoms with Crippen LogP contribution >= 0.6 is 11.8 Å². The summed E-state index contributed by atoms with van der Waals surface area (Å²) >= 11 is 1.99. The number of hydrogen-bond acceptors (Lipinski definition) is 3. The molecular formula is C15H21NO2S. The Morgan fingerprint density at radius 2 is 1.89 bits per heavy atom. The molecule has 3 nitrogen and oxygen atoms in total. The summed E-state index contributed by atoms with van der Waals surface area (Å²) in [6.45, 7) is 6.99. The molecule has 0 saturated carbocycles. The fraction of sp³-hybridized carbons (Fsp3) is 0.533. The lowest BCUT2D eigenvalue weighted by Gasteiger charge is -2.35. The molecule has 0 aliphatic carbocycles. The molecule has 1 saturated heterocycles. The van der Waals surface area contributed by atoms with E-state index in [1.54, 1.807) is 0 Å². The molecule has 1 fully saturated rings. The number of benzene rings is 1. The third kappa shape index (κ3) is 3.98. The van der Waals surface area contributed by atoms with Crippen LogP contribution in [0.2, 0.25) is 0 Å². The van der Waals surface area contributed by atoms with Crippen LogP contribution in [0, 0.1) is 0 Å². The molecule has 0 radical (unpaired) electrons. The lowest BCUT2D eigenvalue weighted by Crippen LogP contribution is -2.43. The Hall–Kier alpha value is -1.00. The van der Waals surface area contributed by atoms with Crippen LogP contribution in [0.5, 0.6) is 0 Å². The van der Waals surface area contributed by atoms with Crippen molar-refractivity contribution >= 4 is 17.7 Å². The summed E-state index contributed by atoms with van der Waals surface area (Å²) in [5.41, 5.74) is 0.897. The van der Waals surface area contributed by atoms with Crippen molar-refractivity contribution in [2.75, 3.05) is 19.6 Å². The number of thioether (sulfide) groups is 1. The summed E-state index contributed by atoms with van der Waals surface area (Å²) in [5.74, 6) is -1.16. The number of carboxylic acids is 1. The van der Waals surface area contributed by atoms with Crippen molar-refractivity contribution in [3.05, 3.63) is 35.9 Å². The molecule has 1 aliphatic rings. The lowest BCUT2D eigenvalue weighted by molar-refractivity contribution is -0.139. The maximum atomic E-state index is 11.5. The highest BCUT2D eigenvalue weighted by molar-refractivity contribution is 8.00. The average Bonchev–Trinajstić information content (AvgIpc) is 2.35. The van der Waals surface area contributed by atoms with Crippen LogP contribution in [0.15, 0.2) is 30.3 Å². The number of carboxylic acid groups (broad SMARTS) is 1. The molecule has 0 bridgehead atoms. The van der Waals surface area contributed by atoms with Gasteiger partial charge in [0.2, 0.25) is 0 Å². The van der Waals surface area contributed by atoms with Gasteiger partial charge in [-0.2, -0.15) is 11.8 Å². The second kappa shape index (κ2) is 6.44. The number of aliphatic carboxylic acids is 1. The van der Waals surface area contributed by atoms with E-state index in [0.29, 0.717) is 17.0 Å². The molecule has 1 N–H and O–H groups in total. The first-order chi connectivity index (χ1) is 9.06. The van der Waals surface area contributed by atoms with E-state index in [9.17, 15) is 9.90 Å². The first kappa shape index (κ1) is 14.4. The SMILES string of the molecule is CC1CN(CC(C(=O)O)c2ccccc2)CC(C)S1. The van der Waals surface area contributed by atoms with E-state index in [-0.39, 0.29) is 0 Å². The van der Waals surface area contributed by atoms with Crippen molar-refractivity contribution in [2.45, 2.75) is 30.3 Å². The van der Waals surface area contributed by atoms with E-state index in [1.807, 2.05) is 42.1 Å². The van der Waals surface area contributed by atoms with E-state index in [4.69, 9.17) is 0 Å². The topological polar surface area (TPSA) is 40.5 Å². The molecule has 0 amide bonds. The minimum Gasteiger partial charge on any atom is -0.481 e. The van der Waals surface area contributed by atoms with E-state index in [2.05, 4.69) is 18.7 Å². The third-order valence-corrected chi connectivity index (χ3v) is 4.66. The summed E-state index contributed by atoms with van der Waals surface area (Å²) in [7, 11) is 0. The predicted octanol–water partition coefficient (Wildman–Crippen LogP) is 2.68. The molecule has 1 aliphatic heterocycles. The highest BCUT2D eigenvalue weighted by Gasteiger charge is 2.28. The zero-order chi connectivity index (χ0) is 13.8. The minimum atomic E-state index is -0.732. The summed E-state index contributed by atoms with van der Waals surface area (Å²) < 4.78 is 0. The van der Waals surface area contributed by atoms with Gasteiger partial charge in [-0.3, -0.25) is 9.69 Å². The highest BCUT2D eigenvalue weighted by Crippen LogP contribution is 2.27. The second-order valence-corrected chi connectivity index (χ2v) is 7.16. The minimum absolute atomic E-state index is 0.427. The smallest absolute Gasteiger partial charge is 0.312 e. The third-order valence-electron chi connectivity index (χ3n) is 3.44. The molecule has 4 heteroatoms. The molecule has 3 unspecified atom stereocenters. The Bertz CT molecular complexity index is 413. The van der Waals surface area contributed by atoms with Crippen LogP contribution in [-0.4, -0.2) is 46.1 Å². The van der Waals surface area contributed by atoms with Gasteiger partial charge in [0, 0.05) is 30.1 Å². The predicted molar refractivity (Wildman–Crippen MR) is 79.8 cm³/mol. The number of rotatable bonds is 4. The average molecular weight is 279 g/mol. The fourth-order valence-electron chi connectivity index (χ4n) is 2.70. The van der Waals surface area contributed by atoms with E-state index in [0.717, 1.165) is 18.7 Å². The van der Waals surface area contributed by atoms with Gasteiger partial charge in [0.25, 0.3) is 0 Å². The van der Waals surface area contributed by atoms with Crippen LogP contribution in [-0.2, 0) is 4.79 Å². The van der Waals surface area contributed by atoms with Crippen molar-refractivity contribution < 1.29 is 9.90 Å². The Balaban J connectivity index is 2.07. The summed E-state index contributed by atoms with van der Waals surface area (Å²) in [4.78, 5) is 13.8. The van der Waals surface area contributed by atoms with Gasteiger partial charge in [-0.25, -0.2) is 0 Å². The van der Waals surface area contributed by atoms with Crippen LogP contribution in [0.1, 0.15) is 25.3 Å². The zero-order valence-corrected chi connectivity index (χ0v) is 12.3. The summed E-state index contributed by atoms with van der Waals surface area (Å²) in [5, 5.41) is 10.6. The molecule has 1 aromatic carbocycles. The molecule has 0 spiro atoms. The molecule has 0 aromatic heterocycles. The number of hydrogen-bond donors (Lipinski definition) is 1. The number of nitrogens with zero attached hydrogens (tertiary/aromatic N) is 1. The zero-order valence-electron chi connectivity index (χ0n) is 11.5. The molecule has 2 rings (SSSR count). The Morgan fingerprint density at radius 3 is 2.42 bits per heavy atom. The Kier molecular flexibility index (Phi) is 4.88. The monoisotopic (exact) mass is 279 g/mol. The van der Waals surface area contributed by atoms with Crippen LogP contribution in [0.25, 0.3) is 0 Å². The van der Waals surface area contributed by atoms with Crippen LogP contribution < -0.4 is 0 Å². The Labute approximate surface area is 119 Å². The fourth-order valence-corrected chi connectivity index (χ4v) is 4.09. The van der Waals surface area contributed by atoms with Crippen molar-refractivity contribution in [1.29, 1.82) is 0 Å². The largest absolute Gasteiger partial charge is 0.481 e. The molecule has 104 valence electrons. The lowest BCUT2D eigenvalue weighted by atomic mass is 9.98. The van der Waals surface area contributed by atoms with Crippen LogP contribution in [0.3, 0.4) is 0 Å². The normalized spacial score (nSPS) is 26.0. The van der Waals surface area contributed by atoms with Gasteiger partial charge in [-0.15, -0.1) is 0 Å². The molecule has 1 heterocycles. The van der Waals surface area contributed by atoms with Crippen LogP contribution in [0.4, 0.5) is 0 Å². The van der Waals surface area contributed by atoms with Crippen molar-refractivity contribution in [1.82, 2.24) is 4.90 Å². The van der Waals surface area contributed by atoms with Crippen molar-refractivity contribution in [2.24, 2.45) is 0 Å². The van der Waals surface area contributed by atoms with Crippen molar-refractivity contribution in [3.63, 3.8) is 0 Å². The first-order valence-electron chi connectivity index (χ1n) is 6.72. The van der Waals surface area contributed by atoms with Gasteiger partial charge in [-0.05, 0) is 5.56 Å². The van der Waals surface area contributed by atoms with E-state index in [1.165, 1.54) is 0 Å². The molecular weight excluding hydrogens is 258 g/mol. The standard InChI is InChI=1S/C15H21NO2S/c1-11-8-16(9-12(2)19-11)10-14(15(17)18)13-6-4-3-5-7-13/h3-7,11-12,14H,8-10H2,1-2H3,(H,17,18). The molecule has 19 heavy (non-hydrogen) atoms.